The predicted octanol–water partition coefficient (Wildman–Crippen LogP) is 2.57. The minimum Gasteiger partial charge on any atom is -0.387 e. The summed E-state index contributed by atoms with van der Waals surface area (Å²) in [5.41, 5.74) is 8.48. The zero-order valence-corrected chi connectivity index (χ0v) is 8.11. The number of fused-ring (bicyclic) bond motifs is 3. The molecule has 1 aliphatic carbocycles. The van der Waals surface area contributed by atoms with Crippen LogP contribution in [0, 0.1) is 5.92 Å². The van der Waals surface area contributed by atoms with Gasteiger partial charge in [-0.2, -0.15) is 0 Å². The summed E-state index contributed by atoms with van der Waals surface area (Å²) in [7, 11) is 0. The molecule has 72 valence electrons. The summed E-state index contributed by atoms with van der Waals surface area (Å²) in [5.74, 6) is 2.01. The van der Waals surface area contributed by atoms with Gasteiger partial charge in [0.25, 0.3) is 0 Å². The minimum absolute atomic E-state index is 0.518. The molecule has 0 aromatic heterocycles. The monoisotopic (exact) mass is 186 g/mol. The van der Waals surface area contributed by atoms with Gasteiger partial charge in [-0.05, 0) is 30.4 Å². The van der Waals surface area contributed by atoms with Gasteiger partial charge in [-0.15, -0.1) is 0 Å². The van der Waals surface area contributed by atoms with Crippen molar-refractivity contribution in [2.75, 3.05) is 0 Å². The summed E-state index contributed by atoms with van der Waals surface area (Å²) in [5, 5.41) is 0. The number of hydrogen-bond acceptors (Lipinski definition) is 2. The molecule has 0 saturated heterocycles. The van der Waals surface area contributed by atoms with E-state index < -0.39 is 0 Å². The summed E-state index contributed by atoms with van der Waals surface area (Å²) >= 11 is 0. The Morgan fingerprint density at radius 3 is 2.86 bits per heavy atom. The molecule has 0 spiro atoms. The van der Waals surface area contributed by atoms with Gasteiger partial charge < -0.3 is 5.73 Å². The van der Waals surface area contributed by atoms with Gasteiger partial charge in [0.1, 0.15) is 5.84 Å². The van der Waals surface area contributed by atoms with E-state index in [9.17, 15) is 0 Å². The lowest BCUT2D eigenvalue weighted by Gasteiger charge is -2.25. The van der Waals surface area contributed by atoms with E-state index in [1.54, 1.807) is 0 Å². The van der Waals surface area contributed by atoms with Crippen molar-refractivity contribution < 1.29 is 0 Å². The van der Waals surface area contributed by atoms with Gasteiger partial charge in [-0.1, -0.05) is 24.6 Å². The van der Waals surface area contributed by atoms with E-state index in [0.717, 1.165) is 11.5 Å². The number of nitrogens with zero attached hydrogens (tertiary/aromatic N) is 1. The Morgan fingerprint density at radius 1 is 1.14 bits per heavy atom. The number of nitrogens with two attached hydrogens (primary N) is 1. The number of hydrogen-bond donors (Lipinski definition) is 1. The van der Waals surface area contributed by atoms with Gasteiger partial charge in [0.15, 0.2) is 0 Å². The molecule has 2 N–H and O–H groups in total. The average Bonchev–Trinajstić information content (AvgIpc) is 2.67. The van der Waals surface area contributed by atoms with Crippen LogP contribution in [0.5, 0.6) is 0 Å². The maximum atomic E-state index is 5.98. The van der Waals surface area contributed by atoms with Crippen molar-refractivity contribution in [1.82, 2.24) is 0 Å². The molecule has 1 fully saturated rings. The molecular formula is C12H14N2. The van der Waals surface area contributed by atoms with E-state index in [1.165, 1.54) is 24.8 Å². The van der Waals surface area contributed by atoms with Gasteiger partial charge >= 0.3 is 0 Å². The fraction of sp³-hybridized carbons (Fsp3) is 0.417. The van der Waals surface area contributed by atoms with E-state index >= 15 is 0 Å². The second-order valence-corrected chi connectivity index (χ2v) is 4.24. The Labute approximate surface area is 83.8 Å². The van der Waals surface area contributed by atoms with Crippen molar-refractivity contribution in [1.29, 1.82) is 0 Å². The third-order valence-corrected chi connectivity index (χ3v) is 3.48. The Hall–Kier alpha value is -1.31. The van der Waals surface area contributed by atoms with Crippen LogP contribution in [0.1, 0.15) is 30.7 Å². The quantitative estimate of drug-likeness (QED) is 0.664. The van der Waals surface area contributed by atoms with E-state index in [1.807, 2.05) is 6.07 Å². The van der Waals surface area contributed by atoms with Crippen LogP contribution in [0.4, 0.5) is 5.69 Å². The number of benzene rings is 1. The van der Waals surface area contributed by atoms with Crippen LogP contribution in [0.2, 0.25) is 0 Å². The highest BCUT2D eigenvalue weighted by atomic mass is 14.9. The van der Waals surface area contributed by atoms with Crippen LogP contribution in [0.15, 0.2) is 29.3 Å². The molecule has 2 heteroatoms. The molecule has 0 amide bonds. The topological polar surface area (TPSA) is 38.4 Å². The lowest BCUT2D eigenvalue weighted by molar-refractivity contribution is 0.610. The van der Waals surface area contributed by atoms with Crippen molar-refractivity contribution in [2.24, 2.45) is 16.6 Å². The molecule has 0 bridgehead atoms. The molecule has 2 atom stereocenters. The van der Waals surface area contributed by atoms with Crippen molar-refractivity contribution in [3.63, 3.8) is 0 Å². The summed E-state index contributed by atoms with van der Waals surface area (Å²) in [6.45, 7) is 0. The SMILES string of the molecule is NC1=Nc2ccccc2C2CCCC12. The fourth-order valence-electron chi connectivity index (χ4n) is 2.81. The molecule has 0 radical (unpaired) electrons. The smallest absolute Gasteiger partial charge is 0.103 e. The Balaban J connectivity index is 2.16. The first kappa shape index (κ1) is 8.04. The molecule has 2 nitrogen and oxygen atoms in total. The number of aliphatic imine (C=N–C) groups is 1. The van der Waals surface area contributed by atoms with Crippen molar-refractivity contribution in [3.8, 4) is 0 Å². The fourth-order valence-corrected chi connectivity index (χ4v) is 2.81. The molecule has 2 aliphatic rings. The van der Waals surface area contributed by atoms with Crippen LogP contribution >= 0.6 is 0 Å². The highest BCUT2D eigenvalue weighted by Gasteiger charge is 2.35. The van der Waals surface area contributed by atoms with Gasteiger partial charge in [-0.3, -0.25) is 0 Å². The summed E-state index contributed by atoms with van der Waals surface area (Å²) in [6, 6.07) is 8.40. The van der Waals surface area contributed by atoms with Gasteiger partial charge in [0.05, 0.1) is 5.69 Å². The molecule has 1 saturated carbocycles. The minimum atomic E-state index is 0.518. The number of para-hydroxylation sites is 1. The molecule has 1 aromatic rings. The lowest BCUT2D eigenvalue weighted by Crippen LogP contribution is -2.28. The summed E-state index contributed by atoms with van der Waals surface area (Å²) < 4.78 is 0. The molecule has 14 heavy (non-hydrogen) atoms. The van der Waals surface area contributed by atoms with Gasteiger partial charge in [-0.25, -0.2) is 4.99 Å². The average molecular weight is 186 g/mol. The Morgan fingerprint density at radius 2 is 1.93 bits per heavy atom. The second kappa shape index (κ2) is 2.84. The lowest BCUT2D eigenvalue weighted by atomic mass is 9.85. The Bertz CT molecular complexity index is 395. The van der Waals surface area contributed by atoms with Crippen LogP contribution < -0.4 is 5.73 Å². The molecule has 1 heterocycles. The van der Waals surface area contributed by atoms with Crippen LogP contribution in [0.3, 0.4) is 0 Å². The standard InChI is InChI=1S/C12H14N2/c13-12-10-6-3-5-8(10)9-4-1-2-7-11(9)14-12/h1-2,4,7-8,10H,3,5-6H2,(H2,13,14). The largest absolute Gasteiger partial charge is 0.387 e. The van der Waals surface area contributed by atoms with E-state index in [4.69, 9.17) is 5.73 Å². The second-order valence-electron chi connectivity index (χ2n) is 4.24. The Kier molecular flexibility index (Phi) is 1.63. The maximum absolute atomic E-state index is 5.98. The predicted molar refractivity (Wildman–Crippen MR) is 57.8 cm³/mol. The zero-order valence-electron chi connectivity index (χ0n) is 8.11. The summed E-state index contributed by atoms with van der Waals surface area (Å²) in [4.78, 5) is 4.48. The van der Waals surface area contributed by atoms with Crippen LogP contribution in [-0.4, -0.2) is 5.84 Å². The van der Waals surface area contributed by atoms with Crippen molar-refractivity contribution in [3.05, 3.63) is 29.8 Å². The number of amidine groups is 1. The van der Waals surface area contributed by atoms with Crippen molar-refractivity contribution >= 4 is 11.5 Å². The van der Waals surface area contributed by atoms with E-state index in [-0.39, 0.29) is 0 Å². The first-order valence-corrected chi connectivity index (χ1v) is 5.29. The number of rotatable bonds is 0. The van der Waals surface area contributed by atoms with E-state index in [2.05, 4.69) is 23.2 Å². The molecule has 1 aliphatic heterocycles. The zero-order chi connectivity index (χ0) is 9.54. The first-order chi connectivity index (χ1) is 6.86. The van der Waals surface area contributed by atoms with E-state index in [0.29, 0.717) is 11.8 Å². The third-order valence-electron chi connectivity index (χ3n) is 3.48. The maximum Gasteiger partial charge on any atom is 0.103 e. The van der Waals surface area contributed by atoms with Gasteiger partial charge in [0.2, 0.25) is 0 Å². The highest BCUT2D eigenvalue weighted by molar-refractivity contribution is 5.89. The van der Waals surface area contributed by atoms with Gasteiger partial charge in [0, 0.05) is 5.92 Å². The molecule has 2 unspecified atom stereocenters. The highest BCUT2D eigenvalue weighted by Crippen LogP contribution is 2.46. The molecule has 3 rings (SSSR count). The summed E-state index contributed by atoms with van der Waals surface area (Å²) in [6.07, 6.45) is 3.78. The van der Waals surface area contributed by atoms with Crippen LogP contribution in [0.25, 0.3) is 0 Å². The third kappa shape index (κ3) is 0.999. The first-order valence-electron chi connectivity index (χ1n) is 5.29. The van der Waals surface area contributed by atoms with Crippen molar-refractivity contribution in [2.45, 2.75) is 25.2 Å². The normalized spacial score (nSPS) is 29.3. The molecule has 1 aromatic carbocycles. The van der Waals surface area contributed by atoms with Crippen LogP contribution in [-0.2, 0) is 0 Å². The molecular weight excluding hydrogens is 172 g/mol.